The quantitative estimate of drug-likeness (QED) is 0.720. The van der Waals surface area contributed by atoms with Crippen LogP contribution in [0.1, 0.15) is 13.8 Å². The number of thiocarbonyl (C=S) groups is 1. The van der Waals surface area contributed by atoms with Crippen LogP contribution in [0.5, 0.6) is 0 Å². The van der Waals surface area contributed by atoms with Gasteiger partial charge >= 0.3 is 0 Å². The summed E-state index contributed by atoms with van der Waals surface area (Å²) in [5.41, 5.74) is 0.841. The van der Waals surface area contributed by atoms with Gasteiger partial charge in [0.05, 0.1) is 10.6 Å². The average Bonchev–Trinajstić information content (AvgIpc) is 2.79. The molecule has 19 heavy (non-hydrogen) atoms. The maximum Gasteiger partial charge on any atom is 0.257 e. The third-order valence-electron chi connectivity index (χ3n) is 3.47. The summed E-state index contributed by atoms with van der Waals surface area (Å²) in [6, 6.07) is 7.56. The Hall–Kier alpha value is -0.590. The Bertz CT molecular complexity index is 558. The van der Waals surface area contributed by atoms with Gasteiger partial charge in [-0.05, 0) is 50.3 Å². The predicted octanol–water partition coefficient (Wildman–Crippen LogP) is 3.23. The first-order valence-electron chi connectivity index (χ1n) is 5.98. The summed E-state index contributed by atoms with van der Waals surface area (Å²) >= 11 is 10.7. The van der Waals surface area contributed by atoms with Crippen LogP contribution in [0.2, 0.25) is 0 Å². The predicted molar refractivity (Wildman–Crippen MR) is 86.4 cm³/mol. The number of nitrogens with zero attached hydrogens (tertiary/aromatic N) is 2. The van der Waals surface area contributed by atoms with E-state index in [9.17, 15) is 4.79 Å². The van der Waals surface area contributed by atoms with Crippen LogP contribution in [0.15, 0.2) is 28.7 Å². The number of hydrogen-bond acceptors (Lipinski definition) is 3. The zero-order chi connectivity index (χ0) is 13.8. The van der Waals surface area contributed by atoms with Crippen LogP contribution in [-0.4, -0.2) is 32.6 Å². The lowest BCUT2D eigenvalue weighted by molar-refractivity contribution is -0.119. The molecule has 1 amide bonds. The van der Waals surface area contributed by atoms with E-state index in [2.05, 4.69) is 34.7 Å². The summed E-state index contributed by atoms with van der Waals surface area (Å²) in [4.78, 5) is 16.2. The molecule has 0 spiro atoms. The molecule has 100 valence electrons. The van der Waals surface area contributed by atoms with E-state index in [0.717, 1.165) is 15.9 Å². The number of anilines is 1. The highest BCUT2D eigenvalue weighted by atomic mass is 79.9. The first kappa shape index (κ1) is 13.4. The Labute approximate surface area is 130 Å². The molecule has 0 N–H and O–H groups in total. The zero-order valence-electron chi connectivity index (χ0n) is 10.6. The van der Waals surface area contributed by atoms with Gasteiger partial charge in [-0.1, -0.05) is 15.9 Å². The van der Waals surface area contributed by atoms with Gasteiger partial charge in [0.1, 0.15) is 6.04 Å². The van der Waals surface area contributed by atoms with E-state index in [0.29, 0.717) is 5.11 Å². The molecule has 6 heteroatoms. The normalized spacial score (nSPS) is 25.1. The lowest BCUT2D eigenvalue weighted by Gasteiger charge is -2.31. The van der Waals surface area contributed by atoms with Crippen molar-refractivity contribution in [1.82, 2.24) is 4.90 Å². The van der Waals surface area contributed by atoms with Crippen molar-refractivity contribution in [1.29, 1.82) is 0 Å². The summed E-state index contributed by atoms with van der Waals surface area (Å²) in [7, 11) is 0. The molecule has 0 bridgehead atoms. The molecule has 1 aromatic carbocycles. The van der Waals surface area contributed by atoms with Gasteiger partial charge in [0.25, 0.3) is 5.91 Å². The zero-order valence-corrected chi connectivity index (χ0v) is 13.8. The minimum atomic E-state index is -0.115. The summed E-state index contributed by atoms with van der Waals surface area (Å²) in [5, 5.41) is 0.618. The maximum atomic E-state index is 12.5. The number of amides is 1. The van der Waals surface area contributed by atoms with Gasteiger partial charge in [0.2, 0.25) is 0 Å². The number of fused-ring (bicyclic) bond motifs is 1. The van der Waals surface area contributed by atoms with Gasteiger partial charge in [-0.3, -0.25) is 9.69 Å². The van der Waals surface area contributed by atoms with Crippen LogP contribution in [0.3, 0.4) is 0 Å². The van der Waals surface area contributed by atoms with Gasteiger partial charge in [-0.15, -0.1) is 11.8 Å². The van der Waals surface area contributed by atoms with Crippen molar-refractivity contribution in [3.63, 3.8) is 0 Å². The molecule has 0 unspecified atom stereocenters. The van der Waals surface area contributed by atoms with E-state index in [1.165, 1.54) is 0 Å². The van der Waals surface area contributed by atoms with Crippen LogP contribution >= 0.6 is 39.9 Å². The molecule has 1 atom stereocenters. The van der Waals surface area contributed by atoms with Crippen LogP contribution < -0.4 is 4.90 Å². The van der Waals surface area contributed by atoms with Crippen molar-refractivity contribution >= 4 is 56.6 Å². The molecule has 2 heterocycles. The molecule has 3 rings (SSSR count). The smallest absolute Gasteiger partial charge is 0.257 e. The van der Waals surface area contributed by atoms with Crippen LogP contribution in [0.25, 0.3) is 0 Å². The third kappa shape index (κ3) is 2.00. The average molecular weight is 357 g/mol. The molecule has 0 radical (unpaired) electrons. The maximum absolute atomic E-state index is 12.5. The topological polar surface area (TPSA) is 23.6 Å². The van der Waals surface area contributed by atoms with E-state index in [-0.39, 0.29) is 16.8 Å². The Balaban J connectivity index is 1.99. The largest absolute Gasteiger partial charge is 0.321 e. The minimum Gasteiger partial charge on any atom is -0.321 e. The number of benzene rings is 1. The summed E-state index contributed by atoms with van der Waals surface area (Å²) in [6.07, 6.45) is 0. The molecule has 2 aliphatic rings. The van der Waals surface area contributed by atoms with Crippen molar-refractivity contribution in [2.24, 2.45) is 0 Å². The molecular formula is C13H13BrN2OS2. The van der Waals surface area contributed by atoms with Gasteiger partial charge in [0.15, 0.2) is 5.11 Å². The second-order valence-electron chi connectivity index (χ2n) is 5.08. The first-order valence-corrected chi connectivity index (χ1v) is 8.17. The van der Waals surface area contributed by atoms with Crippen molar-refractivity contribution in [2.45, 2.75) is 24.8 Å². The number of carbonyl (C=O) groups is 1. The van der Waals surface area contributed by atoms with Gasteiger partial charge in [-0.2, -0.15) is 0 Å². The van der Waals surface area contributed by atoms with Crippen molar-refractivity contribution in [2.75, 3.05) is 10.7 Å². The molecule has 2 aliphatic heterocycles. The van der Waals surface area contributed by atoms with Gasteiger partial charge in [-0.25, -0.2) is 0 Å². The van der Waals surface area contributed by atoms with E-state index in [4.69, 9.17) is 12.2 Å². The SMILES string of the molecule is CC1(C)SC[C@H]2C(=O)N(c3ccc(Br)cc3)C(=S)N21. The van der Waals surface area contributed by atoms with Crippen LogP contribution in [-0.2, 0) is 4.79 Å². The monoisotopic (exact) mass is 356 g/mol. The lowest BCUT2D eigenvalue weighted by Crippen LogP contribution is -2.43. The summed E-state index contributed by atoms with van der Waals surface area (Å²) in [6.45, 7) is 4.23. The van der Waals surface area contributed by atoms with Crippen molar-refractivity contribution in [3.05, 3.63) is 28.7 Å². The van der Waals surface area contributed by atoms with E-state index in [1.54, 1.807) is 16.7 Å². The lowest BCUT2D eigenvalue weighted by atomic mass is 10.2. The molecule has 1 aromatic rings. The third-order valence-corrected chi connectivity index (χ3v) is 5.77. The molecule has 0 saturated carbocycles. The molecule has 2 fully saturated rings. The van der Waals surface area contributed by atoms with E-state index >= 15 is 0 Å². The molecule has 0 aromatic heterocycles. The highest BCUT2D eigenvalue weighted by molar-refractivity contribution is 9.10. The summed E-state index contributed by atoms with van der Waals surface area (Å²) < 4.78 is 0.991. The van der Waals surface area contributed by atoms with Crippen LogP contribution in [0.4, 0.5) is 5.69 Å². The molecule has 2 saturated heterocycles. The van der Waals surface area contributed by atoms with Crippen molar-refractivity contribution in [3.8, 4) is 0 Å². The Morgan fingerprint density at radius 3 is 2.58 bits per heavy atom. The number of rotatable bonds is 1. The van der Waals surface area contributed by atoms with Gasteiger partial charge < -0.3 is 4.90 Å². The highest BCUT2D eigenvalue weighted by Gasteiger charge is 2.53. The number of hydrogen-bond donors (Lipinski definition) is 0. The van der Waals surface area contributed by atoms with E-state index < -0.39 is 0 Å². The number of carbonyl (C=O) groups excluding carboxylic acids is 1. The second-order valence-corrected chi connectivity index (χ2v) is 7.98. The van der Waals surface area contributed by atoms with Crippen LogP contribution in [0, 0.1) is 0 Å². The number of thioether (sulfide) groups is 1. The Kier molecular flexibility index (Phi) is 3.15. The fourth-order valence-electron chi connectivity index (χ4n) is 2.53. The molecule has 3 nitrogen and oxygen atoms in total. The Morgan fingerprint density at radius 2 is 2.00 bits per heavy atom. The fraction of sp³-hybridized carbons (Fsp3) is 0.385. The molecule has 0 aliphatic carbocycles. The highest BCUT2D eigenvalue weighted by Crippen LogP contribution is 2.44. The summed E-state index contributed by atoms with van der Waals surface area (Å²) in [5.74, 6) is 0.893. The fourth-order valence-corrected chi connectivity index (χ4v) is 4.61. The molecular weight excluding hydrogens is 344 g/mol. The van der Waals surface area contributed by atoms with E-state index in [1.807, 2.05) is 24.3 Å². The second kappa shape index (κ2) is 4.46. The van der Waals surface area contributed by atoms with Crippen molar-refractivity contribution < 1.29 is 4.79 Å². The van der Waals surface area contributed by atoms with Gasteiger partial charge in [0, 0.05) is 10.2 Å². The minimum absolute atomic E-state index is 0.0883. The Morgan fingerprint density at radius 1 is 1.37 bits per heavy atom. The number of halogens is 1. The first-order chi connectivity index (χ1) is 8.92. The standard InChI is InChI=1S/C13H13BrN2OS2/c1-13(2)16-10(7-19-13)11(17)15(12(16)18)9-5-3-8(14)4-6-9/h3-6,10H,7H2,1-2H3/t10-/m0/s1.